The zero-order chi connectivity index (χ0) is 5.56. The highest BCUT2D eigenvalue weighted by molar-refractivity contribution is 4.92. The molecule has 1 heteroatoms. The minimum Gasteiger partial charge on any atom is -0.314 e. The highest BCUT2D eigenvalue weighted by Crippen LogP contribution is 2.35. The van der Waals surface area contributed by atoms with E-state index < -0.39 is 0 Å². The van der Waals surface area contributed by atoms with Gasteiger partial charge in [0.2, 0.25) is 0 Å². The maximum atomic E-state index is 3.49. The number of hydrogen-bond acceptors (Lipinski definition) is 1. The van der Waals surface area contributed by atoms with Gasteiger partial charge in [0.25, 0.3) is 0 Å². The van der Waals surface area contributed by atoms with Crippen molar-refractivity contribution in [3.63, 3.8) is 0 Å². The van der Waals surface area contributed by atoms with Crippen LogP contribution in [0.5, 0.6) is 0 Å². The molecule has 0 radical (unpaired) electrons. The summed E-state index contributed by atoms with van der Waals surface area (Å²) in [6.07, 6.45) is 2.89. The fraction of sp³-hybridized carbons (Fsp3) is 1.00. The van der Waals surface area contributed by atoms with Crippen LogP contribution in [0.25, 0.3) is 0 Å². The third kappa shape index (κ3) is 0.510. The molecule has 1 aliphatic heterocycles. The molecule has 1 nitrogen and oxygen atoms in total. The molecule has 1 heterocycles. The molecule has 2 bridgehead atoms. The summed E-state index contributed by atoms with van der Waals surface area (Å²) < 4.78 is 0. The molecule has 1 aliphatic carbocycles. The van der Waals surface area contributed by atoms with Crippen LogP contribution in [0, 0.1) is 11.8 Å². The first-order valence-corrected chi connectivity index (χ1v) is 3.59. The molecule has 1 saturated carbocycles. The molecule has 2 fully saturated rings. The number of fused-ring (bicyclic) bond motifs is 2. The van der Waals surface area contributed by atoms with Gasteiger partial charge in [-0.3, -0.25) is 0 Å². The summed E-state index contributed by atoms with van der Waals surface area (Å²) in [5.74, 6) is 2.04. The van der Waals surface area contributed by atoms with Gasteiger partial charge in [0, 0.05) is 6.04 Å². The third-order valence-corrected chi connectivity index (χ3v) is 2.72. The number of rotatable bonds is 0. The first kappa shape index (κ1) is 4.80. The van der Waals surface area contributed by atoms with E-state index in [-0.39, 0.29) is 0 Å². The highest BCUT2D eigenvalue weighted by Gasteiger charge is 2.36. The van der Waals surface area contributed by atoms with E-state index in [9.17, 15) is 0 Å². The zero-order valence-corrected chi connectivity index (χ0v) is 5.35. The molecule has 0 amide bonds. The average Bonchev–Trinajstić information content (AvgIpc) is 2.23. The molecule has 0 aromatic heterocycles. The first-order chi connectivity index (χ1) is 3.86. The minimum atomic E-state index is 0.898. The van der Waals surface area contributed by atoms with Crippen molar-refractivity contribution in [2.24, 2.45) is 11.8 Å². The first-order valence-electron chi connectivity index (χ1n) is 3.59. The Balaban J connectivity index is 2.11. The van der Waals surface area contributed by atoms with Crippen LogP contribution in [0.15, 0.2) is 0 Å². The van der Waals surface area contributed by atoms with E-state index in [0.29, 0.717) is 0 Å². The van der Waals surface area contributed by atoms with Gasteiger partial charge in [-0.2, -0.15) is 0 Å². The van der Waals surface area contributed by atoms with E-state index in [1.165, 1.54) is 19.4 Å². The van der Waals surface area contributed by atoms with E-state index in [0.717, 1.165) is 17.9 Å². The Morgan fingerprint density at radius 2 is 2.25 bits per heavy atom. The van der Waals surface area contributed by atoms with Gasteiger partial charge in [-0.25, -0.2) is 0 Å². The topological polar surface area (TPSA) is 12.0 Å². The molecule has 1 saturated heterocycles. The average molecular weight is 111 g/mol. The Morgan fingerprint density at radius 3 is 2.50 bits per heavy atom. The fourth-order valence-electron chi connectivity index (χ4n) is 2.10. The summed E-state index contributed by atoms with van der Waals surface area (Å²) in [7, 11) is 0. The second-order valence-electron chi connectivity index (χ2n) is 3.31. The standard InChI is InChI=1S/C7H13N/c1-5-2-7-3-6(5)4-8-7/h5-8H,2-4H2,1H3/t5-,6?,7?/m0/s1. The predicted molar refractivity (Wildman–Crippen MR) is 33.7 cm³/mol. The summed E-state index contributed by atoms with van der Waals surface area (Å²) in [5.41, 5.74) is 0. The molecule has 8 heavy (non-hydrogen) atoms. The molecule has 1 N–H and O–H groups in total. The van der Waals surface area contributed by atoms with E-state index >= 15 is 0 Å². The van der Waals surface area contributed by atoms with Crippen molar-refractivity contribution < 1.29 is 0 Å². The second kappa shape index (κ2) is 1.47. The van der Waals surface area contributed by atoms with Gasteiger partial charge in [0.05, 0.1) is 0 Å². The Morgan fingerprint density at radius 1 is 1.38 bits per heavy atom. The number of nitrogens with one attached hydrogen (secondary N) is 1. The predicted octanol–water partition coefficient (Wildman–Crippen LogP) is 1.00. The van der Waals surface area contributed by atoms with Crippen LogP contribution in [0.3, 0.4) is 0 Å². The van der Waals surface area contributed by atoms with Gasteiger partial charge in [-0.1, -0.05) is 6.92 Å². The molecule has 2 aliphatic rings. The SMILES string of the molecule is C[C@H]1CC2CC1CN2. The second-order valence-corrected chi connectivity index (χ2v) is 3.31. The number of piperidine rings is 1. The summed E-state index contributed by atoms with van der Waals surface area (Å²) >= 11 is 0. The monoisotopic (exact) mass is 111 g/mol. The highest BCUT2D eigenvalue weighted by atomic mass is 15.0. The zero-order valence-electron chi connectivity index (χ0n) is 5.35. The quantitative estimate of drug-likeness (QED) is 0.492. The van der Waals surface area contributed by atoms with Crippen molar-refractivity contribution >= 4 is 0 Å². The molecular formula is C7H13N. The van der Waals surface area contributed by atoms with Gasteiger partial charge >= 0.3 is 0 Å². The summed E-state index contributed by atoms with van der Waals surface area (Å²) in [6.45, 7) is 3.68. The largest absolute Gasteiger partial charge is 0.314 e. The normalized spacial score (nSPS) is 52.9. The maximum absolute atomic E-state index is 3.49. The summed E-state index contributed by atoms with van der Waals surface area (Å²) in [4.78, 5) is 0. The molecule has 2 unspecified atom stereocenters. The Kier molecular flexibility index (Phi) is 0.884. The molecule has 3 atom stereocenters. The van der Waals surface area contributed by atoms with Crippen LogP contribution < -0.4 is 5.32 Å². The molecule has 0 spiro atoms. The van der Waals surface area contributed by atoms with Gasteiger partial charge in [-0.05, 0) is 31.2 Å². The van der Waals surface area contributed by atoms with Gasteiger partial charge in [0.1, 0.15) is 0 Å². The van der Waals surface area contributed by atoms with Crippen molar-refractivity contribution in [3.8, 4) is 0 Å². The lowest BCUT2D eigenvalue weighted by atomic mass is 9.98. The van der Waals surface area contributed by atoms with Crippen LogP contribution in [-0.4, -0.2) is 12.6 Å². The smallest absolute Gasteiger partial charge is 0.00730 e. The van der Waals surface area contributed by atoms with Crippen molar-refractivity contribution in [2.45, 2.75) is 25.8 Å². The van der Waals surface area contributed by atoms with Crippen LogP contribution in [-0.2, 0) is 0 Å². The fourth-order valence-corrected chi connectivity index (χ4v) is 2.10. The van der Waals surface area contributed by atoms with Crippen LogP contribution >= 0.6 is 0 Å². The van der Waals surface area contributed by atoms with E-state index in [1.807, 2.05) is 0 Å². The number of hydrogen-bond donors (Lipinski definition) is 1. The van der Waals surface area contributed by atoms with Crippen molar-refractivity contribution in [2.75, 3.05) is 6.54 Å². The summed E-state index contributed by atoms with van der Waals surface area (Å²) in [5, 5.41) is 3.49. The molecular weight excluding hydrogens is 98.1 g/mol. The van der Waals surface area contributed by atoms with Crippen molar-refractivity contribution in [1.82, 2.24) is 5.32 Å². The van der Waals surface area contributed by atoms with Crippen LogP contribution in [0.1, 0.15) is 19.8 Å². The van der Waals surface area contributed by atoms with E-state index in [1.54, 1.807) is 0 Å². The van der Waals surface area contributed by atoms with Crippen molar-refractivity contribution in [1.29, 1.82) is 0 Å². The van der Waals surface area contributed by atoms with E-state index in [4.69, 9.17) is 0 Å². The summed E-state index contributed by atoms with van der Waals surface area (Å²) in [6, 6.07) is 0.898. The Bertz CT molecular complexity index is 98.6. The van der Waals surface area contributed by atoms with Gasteiger partial charge < -0.3 is 5.32 Å². The van der Waals surface area contributed by atoms with Crippen molar-refractivity contribution in [3.05, 3.63) is 0 Å². The lowest BCUT2D eigenvalue weighted by Crippen LogP contribution is -2.28. The molecule has 46 valence electrons. The Hall–Kier alpha value is -0.0400. The van der Waals surface area contributed by atoms with E-state index in [2.05, 4.69) is 12.2 Å². The van der Waals surface area contributed by atoms with Crippen LogP contribution in [0.2, 0.25) is 0 Å². The maximum Gasteiger partial charge on any atom is 0.00730 e. The third-order valence-electron chi connectivity index (χ3n) is 2.72. The Labute approximate surface area is 50.5 Å². The molecule has 0 aromatic rings. The lowest BCUT2D eigenvalue weighted by Gasteiger charge is -2.16. The minimum absolute atomic E-state index is 0.898. The van der Waals surface area contributed by atoms with Gasteiger partial charge in [0.15, 0.2) is 0 Å². The van der Waals surface area contributed by atoms with Crippen LogP contribution in [0.4, 0.5) is 0 Å². The molecule has 0 aromatic carbocycles. The lowest BCUT2D eigenvalue weighted by molar-refractivity contribution is 0.379. The van der Waals surface area contributed by atoms with Gasteiger partial charge in [-0.15, -0.1) is 0 Å². The molecule has 2 rings (SSSR count).